The van der Waals surface area contributed by atoms with Crippen LogP contribution in [0, 0.1) is 17.5 Å². The lowest BCUT2D eigenvalue weighted by atomic mass is 10.1. The van der Waals surface area contributed by atoms with Crippen molar-refractivity contribution in [2.24, 2.45) is 0 Å². The number of benzene rings is 2. The van der Waals surface area contributed by atoms with E-state index in [-0.39, 0.29) is 24.5 Å². The smallest absolute Gasteiger partial charge is 0.312 e. The molecule has 0 aliphatic carbocycles. The normalized spacial score (nSPS) is 11.7. The van der Waals surface area contributed by atoms with Gasteiger partial charge in [0.25, 0.3) is 0 Å². The van der Waals surface area contributed by atoms with E-state index in [2.05, 4.69) is 9.84 Å². The molecule has 0 amide bonds. The Morgan fingerprint density at radius 2 is 1.77 bits per heavy atom. The van der Waals surface area contributed by atoms with E-state index < -0.39 is 19.9 Å². The fourth-order valence-corrected chi connectivity index (χ4v) is 4.06. The van der Waals surface area contributed by atoms with Crippen LogP contribution in [0.25, 0.3) is 0 Å². The molecule has 0 aliphatic rings. The molecule has 0 spiro atoms. The standard InChI is InChI=1S/C21H25F3NO3PS/c22-18-8-6-16(7-9-18)5-2-1-3-12-30-21-14-19(23)17(13-20(21)24)15-25-10-4-11-28-29(26)27/h6-9,13-14,25H,1-5,10-12,15H2/p+1. The van der Waals surface area contributed by atoms with Gasteiger partial charge in [-0.3, -0.25) is 0 Å². The zero-order chi connectivity index (χ0) is 21.8. The highest BCUT2D eigenvalue weighted by Crippen LogP contribution is 2.26. The molecule has 0 fully saturated rings. The molecule has 0 aromatic heterocycles. The second kappa shape index (κ2) is 13.8. The van der Waals surface area contributed by atoms with Gasteiger partial charge in [0.15, 0.2) is 0 Å². The van der Waals surface area contributed by atoms with Gasteiger partial charge in [-0.2, -0.15) is 0 Å². The van der Waals surface area contributed by atoms with Gasteiger partial charge in [0.2, 0.25) is 0 Å². The Morgan fingerprint density at radius 1 is 1.00 bits per heavy atom. The van der Waals surface area contributed by atoms with Crippen LogP contribution in [0.15, 0.2) is 41.3 Å². The average molecular weight is 460 g/mol. The number of hydrogen-bond acceptors (Lipinski definition) is 4. The van der Waals surface area contributed by atoms with Crippen LogP contribution in [0.1, 0.15) is 36.8 Å². The lowest BCUT2D eigenvalue weighted by molar-refractivity contribution is 0.276. The van der Waals surface area contributed by atoms with Crippen LogP contribution in [-0.2, 0) is 22.1 Å². The minimum atomic E-state index is -2.60. The Balaban J connectivity index is 1.65. The predicted octanol–water partition coefficient (Wildman–Crippen LogP) is 5.76. The summed E-state index contributed by atoms with van der Waals surface area (Å²) in [6, 6.07) is 8.91. The minimum Gasteiger partial charge on any atom is -0.312 e. The fourth-order valence-electron chi connectivity index (χ4n) is 2.82. The van der Waals surface area contributed by atoms with Crippen LogP contribution in [0.2, 0.25) is 0 Å². The third-order valence-corrected chi connectivity index (χ3v) is 5.92. The molecule has 2 aromatic rings. The number of aryl methyl sites for hydroxylation is 1. The summed E-state index contributed by atoms with van der Waals surface area (Å²) >= 11 is 1.30. The third kappa shape index (κ3) is 9.58. The first kappa shape index (κ1) is 24.8. The van der Waals surface area contributed by atoms with Gasteiger partial charge in [-0.25, -0.2) is 13.2 Å². The molecule has 1 atom stereocenters. The van der Waals surface area contributed by atoms with Gasteiger partial charge < -0.3 is 5.32 Å². The van der Waals surface area contributed by atoms with Gasteiger partial charge in [0.05, 0.1) is 0 Å². The predicted molar refractivity (Wildman–Crippen MR) is 113 cm³/mol. The van der Waals surface area contributed by atoms with Gasteiger partial charge in [0.1, 0.15) is 24.1 Å². The van der Waals surface area contributed by atoms with Crippen LogP contribution < -0.4 is 5.32 Å². The third-order valence-electron chi connectivity index (χ3n) is 4.40. The average Bonchev–Trinajstić information content (AvgIpc) is 2.71. The largest absolute Gasteiger partial charge is 0.694 e. The first-order valence-electron chi connectivity index (χ1n) is 9.80. The Morgan fingerprint density at radius 3 is 2.50 bits per heavy atom. The molecule has 2 N–H and O–H groups in total. The Hall–Kier alpha value is -1.44. The van der Waals surface area contributed by atoms with Crippen LogP contribution in [0.5, 0.6) is 0 Å². The van der Waals surface area contributed by atoms with E-state index in [1.165, 1.54) is 36.0 Å². The molecule has 2 aromatic carbocycles. The molecule has 2 rings (SSSR count). The van der Waals surface area contributed by atoms with Gasteiger partial charge >= 0.3 is 8.25 Å². The molecular formula is C21H26F3NO3PS+. The van der Waals surface area contributed by atoms with Crippen LogP contribution in [-0.4, -0.2) is 23.8 Å². The van der Waals surface area contributed by atoms with Crippen molar-refractivity contribution in [2.45, 2.75) is 43.5 Å². The van der Waals surface area contributed by atoms with Crippen molar-refractivity contribution < 1.29 is 27.2 Å². The number of thioether (sulfide) groups is 1. The summed E-state index contributed by atoms with van der Waals surface area (Å²) in [6.45, 7) is 0.746. The van der Waals surface area contributed by atoms with Gasteiger partial charge in [-0.1, -0.05) is 18.6 Å². The summed E-state index contributed by atoms with van der Waals surface area (Å²) in [7, 11) is -2.60. The van der Waals surface area contributed by atoms with Gasteiger partial charge in [0, 0.05) is 21.6 Å². The van der Waals surface area contributed by atoms with Gasteiger partial charge in [-0.05, 0) is 67.8 Å². The quantitative estimate of drug-likeness (QED) is 0.213. The summed E-state index contributed by atoms with van der Waals surface area (Å²) in [6.07, 6.45) is 4.18. The van der Waals surface area contributed by atoms with Gasteiger partial charge in [-0.15, -0.1) is 21.2 Å². The van der Waals surface area contributed by atoms with Crippen molar-refractivity contribution in [1.29, 1.82) is 0 Å². The topological polar surface area (TPSA) is 58.6 Å². The SMILES string of the molecule is O=[P+](O)OCCCNCc1cc(F)c(SCCCCCc2ccc(F)cc2)cc1F. The van der Waals surface area contributed by atoms with E-state index in [1.54, 1.807) is 12.1 Å². The van der Waals surface area contributed by atoms with E-state index >= 15 is 0 Å². The minimum absolute atomic E-state index is 0.120. The highest BCUT2D eigenvalue weighted by Gasteiger charge is 2.12. The molecule has 0 heterocycles. The summed E-state index contributed by atoms with van der Waals surface area (Å²) in [5, 5.41) is 2.96. The van der Waals surface area contributed by atoms with Crippen LogP contribution >= 0.6 is 20.0 Å². The first-order chi connectivity index (χ1) is 14.5. The maximum Gasteiger partial charge on any atom is 0.694 e. The summed E-state index contributed by atoms with van der Waals surface area (Å²) in [5.74, 6) is -0.440. The van der Waals surface area contributed by atoms with E-state index in [9.17, 15) is 17.7 Å². The molecular weight excluding hydrogens is 434 g/mol. The second-order valence-corrected chi connectivity index (χ2v) is 8.63. The number of rotatable bonds is 14. The highest BCUT2D eigenvalue weighted by molar-refractivity contribution is 7.99. The van der Waals surface area contributed by atoms with E-state index in [4.69, 9.17) is 4.89 Å². The summed E-state index contributed by atoms with van der Waals surface area (Å²) < 4.78 is 56.2. The maximum atomic E-state index is 14.3. The molecule has 0 bridgehead atoms. The summed E-state index contributed by atoms with van der Waals surface area (Å²) in [4.78, 5) is 8.80. The monoisotopic (exact) mass is 460 g/mol. The molecule has 0 saturated heterocycles. The zero-order valence-electron chi connectivity index (χ0n) is 16.6. The molecule has 4 nitrogen and oxygen atoms in total. The molecule has 0 radical (unpaired) electrons. The van der Waals surface area contributed by atoms with Crippen LogP contribution in [0.4, 0.5) is 13.2 Å². The summed E-state index contributed by atoms with van der Waals surface area (Å²) in [5.41, 5.74) is 1.34. The fraction of sp³-hybridized carbons (Fsp3) is 0.429. The Bertz CT molecular complexity index is 809. The Kier molecular flexibility index (Phi) is 11.4. The second-order valence-electron chi connectivity index (χ2n) is 6.76. The number of hydrogen-bond donors (Lipinski definition) is 2. The molecule has 164 valence electrons. The molecule has 30 heavy (non-hydrogen) atoms. The van der Waals surface area contributed by atoms with Crippen molar-refractivity contribution >= 4 is 20.0 Å². The number of nitrogens with one attached hydrogen (secondary N) is 1. The van der Waals surface area contributed by atoms with E-state index in [0.717, 1.165) is 31.2 Å². The van der Waals surface area contributed by atoms with Crippen LogP contribution in [0.3, 0.4) is 0 Å². The molecule has 9 heteroatoms. The molecule has 0 aliphatic heterocycles. The lowest BCUT2D eigenvalue weighted by Gasteiger charge is -2.09. The van der Waals surface area contributed by atoms with Crippen molar-refractivity contribution in [2.75, 3.05) is 18.9 Å². The molecule has 0 saturated carbocycles. The maximum absolute atomic E-state index is 14.3. The van der Waals surface area contributed by atoms with Crippen molar-refractivity contribution in [3.8, 4) is 0 Å². The van der Waals surface area contributed by atoms with Crippen molar-refractivity contribution in [3.63, 3.8) is 0 Å². The number of halogens is 3. The molecule has 1 unspecified atom stereocenters. The van der Waals surface area contributed by atoms with E-state index in [0.29, 0.717) is 23.6 Å². The first-order valence-corrected chi connectivity index (χ1v) is 11.9. The highest BCUT2D eigenvalue weighted by atomic mass is 32.2. The van der Waals surface area contributed by atoms with Crippen molar-refractivity contribution in [3.05, 3.63) is 65.0 Å². The number of unbranched alkanes of at least 4 members (excludes halogenated alkanes) is 2. The Labute approximate surface area is 180 Å². The lowest BCUT2D eigenvalue weighted by Crippen LogP contribution is -2.17. The van der Waals surface area contributed by atoms with Crippen molar-refractivity contribution in [1.82, 2.24) is 5.32 Å². The zero-order valence-corrected chi connectivity index (χ0v) is 18.3. The van der Waals surface area contributed by atoms with E-state index in [1.807, 2.05) is 0 Å².